The largest absolute Gasteiger partial charge is 0.494 e. The molecule has 0 fully saturated rings. The summed E-state index contributed by atoms with van der Waals surface area (Å²) in [4.78, 5) is 0. The third-order valence-corrected chi connectivity index (χ3v) is 3.24. The Labute approximate surface area is 128 Å². The van der Waals surface area contributed by atoms with Gasteiger partial charge in [-0.15, -0.1) is 6.58 Å². The van der Waals surface area contributed by atoms with Gasteiger partial charge in [0.25, 0.3) is 0 Å². The van der Waals surface area contributed by atoms with Crippen molar-refractivity contribution >= 4 is 0 Å². The Bertz CT molecular complexity index is 359. The van der Waals surface area contributed by atoms with Crippen LogP contribution in [0.15, 0.2) is 36.9 Å². The zero-order valence-electron chi connectivity index (χ0n) is 12.9. The topological polar surface area (TPSA) is 38.7 Å². The van der Waals surface area contributed by atoms with E-state index in [-0.39, 0.29) is 0 Å². The highest BCUT2D eigenvalue weighted by Crippen LogP contribution is 2.18. The molecule has 3 nitrogen and oxygen atoms in total. The monoisotopic (exact) mass is 292 g/mol. The van der Waals surface area contributed by atoms with E-state index in [4.69, 9.17) is 14.6 Å². The van der Waals surface area contributed by atoms with Crippen molar-refractivity contribution in [3.8, 4) is 11.5 Å². The fourth-order valence-corrected chi connectivity index (χ4v) is 2.00. The minimum absolute atomic E-state index is 0.316. The molecule has 0 unspecified atom stereocenters. The van der Waals surface area contributed by atoms with Crippen LogP contribution in [0.3, 0.4) is 0 Å². The van der Waals surface area contributed by atoms with Crippen LogP contribution in [0.5, 0.6) is 11.5 Å². The fourth-order valence-electron chi connectivity index (χ4n) is 2.00. The fraction of sp³-hybridized carbons (Fsp3) is 0.556. The molecule has 0 aromatic heterocycles. The number of ether oxygens (including phenoxy) is 2. The van der Waals surface area contributed by atoms with Gasteiger partial charge in [0, 0.05) is 6.61 Å². The number of aliphatic hydroxyl groups excluding tert-OH is 1. The molecule has 0 bridgehead atoms. The smallest absolute Gasteiger partial charge is 0.119 e. The lowest BCUT2D eigenvalue weighted by atomic mass is 10.1. The van der Waals surface area contributed by atoms with E-state index in [1.807, 2.05) is 30.3 Å². The van der Waals surface area contributed by atoms with Gasteiger partial charge < -0.3 is 14.6 Å². The van der Waals surface area contributed by atoms with Crippen molar-refractivity contribution in [2.45, 2.75) is 44.9 Å². The van der Waals surface area contributed by atoms with Crippen LogP contribution in [0.4, 0.5) is 0 Å². The van der Waals surface area contributed by atoms with E-state index in [0.29, 0.717) is 13.2 Å². The van der Waals surface area contributed by atoms with Crippen molar-refractivity contribution in [3.05, 3.63) is 36.9 Å². The number of hydrogen-bond donors (Lipinski definition) is 1. The predicted octanol–water partition coefficient (Wildman–Crippen LogP) is 4.35. The highest BCUT2D eigenvalue weighted by Gasteiger charge is 1.97. The summed E-state index contributed by atoms with van der Waals surface area (Å²) in [5.74, 6) is 1.76. The van der Waals surface area contributed by atoms with Crippen LogP contribution in [0.2, 0.25) is 0 Å². The molecule has 1 aromatic rings. The van der Waals surface area contributed by atoms with Gasteiger partial charge in [-0.2, -0.15) is 0 Å². The highest BCUT2D eigenvalue weighted by molar-refractivity contribution is 5.31. The zero-order valence-corrected chi connectivity index (χ0v) is 12.9. The Hall–Kier alpha value is -1.48. The molecule has 0 heterocycles. The predicted molar refractivity (Wildman–Crippen MR) is 87.0 cm³/mol. The maximum Gasteiger partial charge on any atom is 0.119 e. The van der Waals surface area contributed by atoms with Crippen molar-refractivity contribution in [2.24, 2.45) is 0 Å². The Kier molecular flexibility index (Phi) is 10.3. The zero-order chi connectivity index (χ0) is 15.2. The minimum Gasteiger partial charge on any atom is -0.494 e. The SMILES string of the molecule is C=CCCOc1ccc(OCCCCCCCCO)cc1. The molecule has 0 aliphatic rings. The van der Waals surface area contributed by atoms with E-state index in [2.05, 4.69) is 6.58 Å². The summed E-state index contributed by atoms with van der Waals surface area (Å²) in [6, 6.07) is 7.77. The Balaban J connectivity index is 2.05. The summed E-state index contributed by atoms with van der Waals surface area (Å²) in [5, 5.41) is 8.68. The molecule has 1 aromatic carbocycles. The second-order valence-corrected chi connectivity index (χ2v) is 5.09. The number of rotatable bonds is 13. The van der Waals surface area contributed by atoms with Crippen LogP contribution in [0.25, 0.3) is 0 Å². The number of benzene rings is 1. The molecule has 0 spiro atoms. The van der Waals surface area contributed by atoms with Crippen LogP contribution in [0, 0.1) is 0 Å². The lowest BCUT2D eigenvalue weighted by Gasteiger charge is -2.08. The lowest BCUT2D eigenvalue weighted by molar-refractivity contribution is 0.280. The van der Waals surface area contributed by atoms with Gasteiger partial charge in [0.05, 0.1) is 13.2 Å². The normalized spacial score (nSPS) is 10.3. The van der Waals surface area contributed by atoms with Gasteiger partial charge in [0.2, 0.25) is 0 Å². The molecule has 118 valence electrons. The first-order valence-electron chi connectivity index (χ1n) is 7.94. The molecule has 1 rings (SSSR count). The summed E-state index contributed by atoms with van der Waals surface area (Å²) in [5.41, 5.74) is 0. The van der Waals surface area contributed by atoms with Crippen LogP contribution < -0.4 is 9.47 Å². The van der Waals surface area contributed by atoms with Crippen molar-refractivity contribution in [1.29, 1.82) is 0 Å². The van der Waals surface area contributed by atoms with E-state index < -0.39 is 0 Å². The molecule has 21 heavy (non-hydrogen) atoms. The van der Waals surface area contributed by atoms with E-state index in [1.165, 1.54) is 19.3 Å². The number of aliphatic hydroxyl groups is 1. The average molecular weight is 292 g/mol. The molecular weight excluding hydrogens is 264 g/mol. The molecule has 1 N–H and O–H groups in total. The second kappa shape index (κ2) is 12.3. The van der Waals surface area contributed by atoms with E-state index in [9.17, 15) is 0 Å². The minimum atomic E-state index is 0.316. The summed E-state index contributed by atoms with van der Waals surface area (Å²) >= 11 is 0. The second-order valence-electron chi connectivity index (χ2n) is 5.09. The summed E-state index contributed by atoms with van der Waals surface area (Å²) in [6.07, 6.45) is 9.46. The summed E-state index contributed by atoms with van der Waals surface area (Å²) in [6.45, 7) is 5.41. The van der Waals surface area contributed by atoms with Crippen molar-refractivity contribution < 1.29 is 14.6 Å². The van der Waals surface area contributed by atoms with Crippen molar-refractivity contribution in [2.75, 3.05) is 19.8 Å². The maximum atomic E-state index is 8.68. The average Bonchev–Trinajstić information content (AvgIpc) is 2.52. The van der Waals surface area contributed by atoms with E-state index in [0.717, 1.165) is 43.8 Å². The van der Waals surface area contributed by atoms with Crippen LogP contribution in [-0.2, 0) is 0 Å². The van der Waals surface area contributed by atoms with E-state index >= 15 is 0 Å². The first-order chi connectivity index (χ1) is 10.4. The van der Waals surface area contributed by atoms with E-state index in [1.54, 1.807) is 0 Å². The van der Waals surface area contributed by atoms with Gasteiger partial charge in [0.15, 0.2) is 0 Å². The summed E-state index contributed by atoms with van der Waals surface area (Å²) in [7, 11) is 0. The Morgan fingerprint density at radius 2 is 1.33 bits per heavy atom. The molecule has 0 atom stereocenters. The maximum absolute atomic E-state index is 8.68. The number of unbranched alkanes of at least 4 members (excludes halogenated alkanes) is 5. The molecule has 3 heteroatoms. The van der Waals surface area contributed by atoms with Crippen LogP contribution in [0.1, 0.15) is 44.9 Å². The first-order valence-corrected chi connectivity index (χ1v) is 7.94. The van der Waals surface area contributed by atoms with Crippen molar-refractivity contribution in [3.63, 3.8) is 0 Å². The quantitative estimate of drug-likeness (QED) is 0.434. The number of hydrogen-bond acceptors (Lipinski definition) is 3. The standard InChI is InChI=1S/C18H28O3/c1-2-3-15-20-17-10-12-18(13-11-17)21-16-9-7-5-4-6-8-14-19/h2,10-13,19H,1,3-9,14-16H2. The van der Waals surface area contributed by atoms with Crippen molar-refractivity contribution in [1.82, 2.24) is 0 Å². The van der Waals surface area contributed by atoms with Gasteiger partial charge >= 0.3 is 0 Å². The third kappa shape index (κ3) is 9.14. The molecule has 0 radical (unpaired) electrons. The van der Waals surface area contributed by atoms with Crippen LogP contribution >= 0.6 is 0 Å². The molecule has 0 aliphatic carbocycles. The van der Waals surface area contributed by atoms with Gasteiger partial charge in [-0.25, -0.2) is 0 Å². The lowest BCUT2D eigenvalue weighted by Crippen LogP contribution is -1.98. The molecule has 0 aliphatic heterocycles. The van der Waals surface area contributed by atoms with Gasteiger partial charge in [-0.1, -0.05) is 31.8 Å². The van der Waals surface area contributed by atoms with Gasteiger partial charge in [0.1, 0.15) is 11.5 Å². The Morgan fingerprint density at radius 3 is 1.90 bits per heavy atom. The first kappa shape index (κ1) is 17.6. The third-order valence-electron chi connectivity index (χ3n) is 3.24. The highest BCUT2D eigenvalue weighted by atomic mass is 16.5. The molecular formula is C18H28O3. The summed E-state index contributed by atoms with van der Waals surface area (Å²) < 4.78 is 11.2. The van der Waals surface area contributed by atoms with Crippen LogP contribution in [-0.4, -0.2) is 24.9 Å². The Morgan fingerprint density at radius 1 is 0.810 bits per heavy atom. The molecule has 0 saturated carbocycles. The van der Waals surface area contributed by atoms with Gasteiger partial charge in [-0.05, 0) is 43.5 Å². The molecule has 0 amide bonds. The molecule has 0 saturated heterocycles. The van der Waals surface area contributed by atoms with Gasteiger partial charge in [-0.3, -0.25) is 0 Å².